The summed E-state index contributed by atoms with van der Waals surface area (Å²) in [4.78, 5) is 20.9. The Kier molecular flexibility index (Phi) is 4.01. The maximum atomic E-state index is 12.4. The maximum absolute atomic E-state index is 12.4. The van der Waals surface area contributed by atoms with Crippen LogP contribution in [0.3, 0.4) is 0 Å². The Morgan fingerprint density at radius 3 is 2.67 bits per heavy atom. The van der Waals surface area contributed by atoms with Crippen molar-refractivity contribution < 1.29 is 9.21 Å². The Hall–Kier alpha value is -2.14. The Bertz CT molecular complexity index is 601. The highest BCUT2D eigenvalue weighted by Crippen LogP contribution is 2.14. The van der Waals surface area contributed by atoms with Gasteiger partial charge in [0.25, 0.3) is 5.91 Å². The smallest absolute Gasteiger partial charge is 0.257 e. The van der Waals surface area contributed by atoms with E-state index in [0.29, 0.717) is 11.3 Å². The number of carbonyl (C=O) groups excluding carboxylic acids is 1. The summed E-state index contributed by atoms with van der Waals surface area (Å²) >= 11 is 0. The van der Waals surface area contributed by atoms with Gasteiger partial charge >= 0.3 is 0 Å². The Balaban J connectivity index is 1.56. The zero-order valence-corrected chi connectivity index (χ0v) is 12.2. The van der Waals surface area contributed by atoms with E-state index in [1.807, 2.05) is 36.2 Å². The third-order valence-electron chi connectivity index (χ3n) is 3.86. The number of carbonyl (C=O) groups is 1. The molecule has 3 heterocycles. The molecule has 2 aromatic heterocycles. The lowest BCUT2D eigenvalue weighted by molar-refractivity contribution is 0.0625. The molecule has 1 saturated heterocycles. The zero-order valence-electron chi connectivity index (χ0n) is 12.2. The molecule has 5 nitrogen and oxygen atoms in total. The van der Waals surface area contributed by atoms with Crippen molar-refractivity contribution in [3.8, 4) is 0 Å². The monoisotopic (exact) mass is 285 g/mol. The summed E-state index contributed by atoms with van der Waals surface area (Å²) in [6.07, 6.45) is 3.39. The Labute approximate surface area is 124 Å². The molecule has 2 aromatic rings. The molecule has 3 rings (SSSR count). The lowest BCUT2D eigenvalue weighted by Gasteiger charge is -2.34. The third-order valence-corrected chi connectivity index (χ3v) is 3.86. The standard InChI is InChI=1S/C16H19N3O2/c1-13-15(5-11-21-13)16(20)19-9-7-18(8-10-19)12-14-4-2-3-6-17-14/h2-6,11H,7-10,12H2,1H3. The van der Waals surface area contributed by atoms with Crippen molar-refractivity contribution in [3.63, 3.8) is 0 Å². The van der Waals surface area contributed by atoms with E-state index >= 15 is 0 Å². The lowest BCUT2D eigenvalue weighted by atomic mass is 10.2. The predicted octanol–water partition coefficient (Wildman–Crippen LogP) is 1.94. The van der Waals surface area contributed by atoms with Crippen LogP contribution in [0.25, 0.3) is 0 Å². The first kappa shape index (κ1) is 13.8. The molecular weight excluding hydrogens is 266 g/mol. The molecule has 0 atom stereocenters. The van der Waals surface area contributed by atoms with Crippen LogP contribution >= 0.6 is 0 Å². The van der Waals surface area contributed by atoms with Gasteiger partial charge in [0.05, 0.1) is 17.5 Å². The average molecular weight is 285 g/mol. The fourth-order valence-corrected chi connectivity index (χ4v) is 2.61. The lowest BCUT2D eigenvalue weighted by Crippen LogP contribution is -2.48. The molecule has 0 spiro atoms. The fourth-order valence-electron chi connectivity index (χ4n) is 2.61. The van der Waals surface area contributed by atoms with E-state index in [9.17, 15) is 4.79 Å². The van der Waals surface area contributed by atoms with E-state index in [2.05, 4.69) is 9.88 Å². The Morgan fingerprint density at radius 1 is 1.24 bits per heavy atom. The molecule has 1 aliphatic rings. The van der Waals surface area contributed by atoms with Crippen LogP contribution in [0, 0.1) is 6.92 Å². The van der Waals surface area contributed by atoms with Crippen molar-refractivity contribution in [1.29, 1.82) is 0 Å². The molecular formula is C16H19N3O2. The largest absolute Gasteiger partial charge is 0.469 e. The molecule has 1 amide bonds. The molecule has 0 aromatic carbocycles. The van der Waals surface area contributed by atoms with E-state index in [1.165, 1.54) is 0 Å². The molecule has 110 valence electrons. The fraction of sp³-hybridized carbons (Fsp3) is 0.375. The van der Waals surface area contributed by atoms with Gasteiger partial charge in [0.2, 0.25) is 0 Å². The minimum Gasteiger partial charge on any atom is -0.469 e. The molecule has 0 saturated carbocycles. The molecule has 0 N–H and O–H groups in total. The first-order valence-electron chi connectivity index (χ1n) is 7.19. The number of amides is 1. The minimum atomic E-state index is 0.0683. The molecule has 0 bridgehead atoms. The van der Waals surface area contributed by atoms with Gasteiger partial charge < -0.3 is 9.32 Å². The predicted molar refractivity (Wildman–Crippen MR) is 78.9 cm³/mol. The SMILES string of the molecule is Cc1occc1C(=O)N1CCN(Cc2ccccn2)CC1. The van der Waals surface area contributed by atoms with Crippen molar-refractivity contribution in [1.82, 2.24) is 14.8 Å². The number of hydrogen-bond acceptors (Lipinski definition) is 4. The molecule has 21 heavy (non-hydrogen) atoms. The van der Waals surface area contributed by atoms with Crippen LogP contribution in [0.1, 0.15) is 21.8 Å². The van der Waals surface area contributed by atoms with Crippen molar-refractivity contribution >= 4 is 5.91 Å². The highest BCUT2D eigenvalue weighted by molar-refractivity contribution is 5.95. The number of rotatable bonds is 3. The molecule has 0 radical (unpaired) electrons. The average Bonchev–Trinajstić information content (AvgIpc) is 2.94. The summed E-state index contributed by atoms with van der Waals surface area (Å²) in [6, 6.07) is 7.71. The van der Waals surface area contributed by atoms with Gasteiger partial charge in [0.1, 0.15) is 5.76 Å². The van der Waals surface area contributed by atoms with Crippen LogP contribution in [-0.4, -0.2) is 46.9 Å². The van der Waals surface area contributed by atoms with Gasteiger partial charge in [-0.3, -0.25) is 14.7 Å². The normalized spacial score (nSPS) is 16.1. The van der Waals surface area contributed by atoms with Gasteiger partial charge in [-0.05, 0) is 25.1 Å². The van der Waals surface area contributed by atoms with Gasteiger partial charge in [-0.1, -0.05) is 6.07 Å². The van der Waals surface area contributed by atoms with E-state index < -0.39 is 0 Å². The summed E-state index contributed by atoms with van der Waals surface area (Å²) in [6.45, 7) is 5.91. The van der Waals surface area contributed by atoms with E-state index in [1.54, 1.807) is 12.3 Å². The number of pyridine rings is 1. The van der Waals surface area contributed by atoms with Crippen LogP contribution < -0.4 is 0 Å². The maximum Gasteiger partial charge on any atom is 0.257 e. The quantitative estimate of drug-likeness (QED) is 0.865. The second kappa shape index (κ2) is 6.10. The van der Waals surface area contributed by atoms with Crippen molar-refractivity contribution in [2.75, 3.05) is 26.2 Å². The van der Waals surface area contributed by atoms with Gasteiger partial charge in [0, 0.05) is 38.9 Å². The Morgan fingerprint density at radius 2 is 2.05 bits per heavy atom. The van der Waals surface area contributed by atoms with Crippen LogP contribution in [0.4, 0.5) is 0 Å². The van der Waals surface area contributed by atoms with Crippen molar-refractivity contribution in [2.24, 2.45) is 0 Å². The van der Waals surface area contributed by atoms with Crippen LogP contribution in [0.2, 0.25) is 0 Å². The minimum absolute atomic E-state index is 0.0683. The number of piperazine rings is 1. The van der Waals surface area contributed by atoms with Gasteiger partial charge in [-0.25, -0.2) is 0 Å². The summed E-state index contributed by atoms with van der Waals surface area (Å²) in [5, 5.41) is 0. The van der Waals surface area contributed by atoms with Crippen molar-refractivity contribution in [3.05, 3.63) is 53.7 Å². The van der Waals surface area contributed by atoms with Gasteiger partial charge in [-0.15, -0.1) is 0 Å². The first-order valence-corrected chi connectivity index (χ1v) is 7.19. The number of hydrogen-bond donors (Lipinski definition) is 0. The number of aromatic nitrogens is 1. The number of nitrogens with zero attached hydrogens (tertiary/aromatic N) is 3. The summed E-state index contributed by atoms with van der Waals surface area (Å²) in [5.74, 6) is 0.759. The highest BCUT2D eigenvalue weighted by Gasteiger charge is 2.24. The van der Waals surface area contributed by atoms with Crippen LogP contribution in [-0.2, 0) is 6.54 Å². The molecule has 0 aliphatic carbocycles. The number of aryl methyl sites for hydroxylation is 1. The zero-order chi connectivity index (χ0) is 14.7. The summed E-state index contributed by atoms with van der Waals surface area (Å²) in [7, 11) is 0. The summed E-state index contributed by atoms with van der Waals surface area (Å²) < 4.78 is 5.21. The van der Waals surface area contributed by atoms with E-state index in [-0.39, 0.29) is 5.91 Å². The van der Waals surface area contributed by atoms with E-state index in [0.717, 1.165) is 38.4 Å². The molecule has 5 heteroatoms. The number of furan rings is 1. The van der Waals surface area contributed by atoms with Crippen LogP contribution in [0.5, 0.6) is 0 Å². The first-order chi connectivity index (χ1) is 10.2. The molecule has 1 aliphatic heterocycles. The summed E-state index contributed by atoms with van der Waals surface area (Å²) in [5.41, 5.74) is 1.75. The topological polar surface area (TPSA) is 49.6 Å². The van der Waals surface area contributed by atoms with E-state index in [4.69, 9.17) is 4.42 Å². The van der Waals surface area contributed by atoms with Crippen LogP contribution in [0.15, 0.2) is 41.1 Å². The van der Waals surface area contributed by atoms with Gasteiger partial charge in [-0.2, -0.15) is 0 Å². The second-order valence-corrected chi connectivity index (χ2v) is 5.28. The third kappa shape index (κ3) is 3.13. The molecule has 1 fully saturated rings. The van der Waals surface area contributed by atoms with Gasteiger partial charge in [0.15, 0.2) is 0 Å². The molecule has 0 unspecified atom stereocenters. The highest BCUT2D eigenvalue weighted by atomic mass is 16.3. The second-order valence-electron chi connectivity index (χ2n) is 5.28. The van der Waals surface area contributed by atoms with Crippen molar-refractivity contribution in [2.45, 2.75) is 13.5 Å².